The number of halogens is 1. The lowest BCUT2D eigenvalue weighted by Gasteiger charge is -2.26. The minimum atomic E-state index is -0.247. The average Bonchev–Trinajstić information content (AvgIpc) is 2.84. The first-order valence-corrected chi connectivity index (χ1v) is 6.74. The molecule has 18 heavy (non-hydrogen) atoms. The zero-order chi connectivity index (χ0) is 13.0. The number of likely N-dealkylation sites (N-methyl/N-ethyl adjacent to an activating group) is 1. The third-order valence-electron chi connectivity index (χ3n) is 3.46. The highest BCUT2D eigenvalue weighted by Gasteiger charge is 2.28. The van der Waals surface area contributed by atoms with Gasteiger partial charge in [0.1, 0.15) is 6.33 Å². The van der Waals surface area contributed by atoms with Gasteiger partial charge in [-0.05, 0) is 25.8 Å². The topological polar surface area (TPSA) is 41.0 Å². The molecule has 1 aliphatic rings. The lowest BCUT2D eigenvalue weighted by molar-refractivity contribution is 0.553. The van der Waals surface area contributed by atoms with Gasteiger partial charge < -0.3 is 10.2 Å². The molecule has 0 saturated carbocycles. The van der Waals surface area contributed by atoms with Gasteiger partial charge in [0.15, 0.2) is 11.6 Å². The number of rotatable bonds is 5. The molecule has 1 N–H and O–H groups in total. The predicted molar refractivity (Wildman–Crippen MR) is 70.3 cm³/mol. The van der Waals surface area contributed by atoms with Gasteiger partial charge in [-0.2, -0.15) is 0 Å². The van der Waals surface area contributed by atoms with Crippen molar-refractivity contribution in [1.29, 1.82) is 0 Å². The molecule has 0 aromatic carbocycles. The van der Waals surface area contributed by atoms with Crippen LogP contribution < -0.4 is 10.2 Å². The largest absolute Gasteiger partial charge is 0.350 e. The second-order valence-corrected chi connectivity index (χ2v) is 4.61. The second kappa shape index (κ2) is 6.09. The Hall–Kier alpha value is -1.23. The number of aromatic nitrogens is 2. The molecular weight excluding hydrogens is 231 g/mol. The lowest BCUT2D eigenvalue weighted by Crippen LogP contribution is -2.39. The summed E-state index contributed by atoms with van der Waals surface area (Å²) in [6, 6.07) is 0.346. The number of hydrogen-bond donors (Lipinski definition) is 1. The maximum absolute atomic E-state index is 14.2. The summed E-state index contributed by atoms with van der Waals surface area (Å²) in [5, 5.41) is 3.33. The molecule has 2 heterocycles. The molecule has 0 amide bonds. The minimum Gasteiger partial charge on any atom is -0.350 e. The molecule has 1 fully saturated rings. The van der Waals surface area contributed by atoms with Crippen LogP contribution in [0.25, 0.3) is 0 Å². The Labute approximate surface area is 108 Å². The molecule has 1 aromatic rings. The van der Waals surface area contributed by atoms with Crippen LogP contribution in [0.15, 0.2) is 6.33 Å². The highest BCUT2D eigenvalue weighted by Crippen LogP contribution is 2.26. The van der Waals surface area contributed by atoms with Crippen molar-refractivity contribution < 1.29 is 4.39 Å². The molecule has 1 unspecified atom stereocenters. The van der Waals surface area contributed by atoms with Crippen molar-refractivity contribution >= 4 is 5.82 Å². The second-order valence-electron chi connectivity index (χ2n) is 4.61. The quantitative estimate of drug-likeness (QED) is 0.867. The van der Waals surface area contributed by atoms with E-state index in [0.29, 0.717) is 24.0 Å². The van der Waals surface area contributed by atoms with Crippen LogP contribution in [0.2, 0.25) is 0 Å². The number of aryl methyl sites for hydroxylation is 1. The van der Waals surface area contributed by atoms with Crippen molar-refractivity contribution in [3.63, 3.8) is 0 Å². The smallest absolute Gasteiger partial charge is 0.187 e. The van der Waals surface area contributed by atoms with Crippen molar-refractivity contribution in [3.8, 4) is 0 Å². The van der Waals surface area contributed by atoms with E-state index in [-0.39, 0.29) is 5.82 Å². The number of nitrogens with one attached hydrogen (secondary N) is 1. The van der Waals surface area contributed by atoms with E-state index >= 15 is 0 Å². The zero-order valence-corrected chi connectivity index (χ0v) is 11.1. The third kappa shape index (κ3) is 2.61. The van der Waals surface area contributed by atoms with Crippen molar-refractivity contribution in [2.75, 3.05) is 24.5 Å². The van der Waals surface area contributed by atoms with Gasteiger partial charge in [0.25, 0.3) is 0 Å². The molecule has 0 aliphatic carbocycles. The normalized spacial score (nSPS) is 19.5. The summed E-state index contributed by atoms with van der Waals surface area (Å²) in [6.45, 7) is 6.71. The van der Waals surface area contributed by atoms with Crippen LogP contribution in [-0.4, -0.2) is 35.6 Å². The van der Waals surface area contributed by atoms with Gasteiger partial charge in [-0.25, -0.2) is 14.4 Å². The van der Waals surface area contributed by atoms with E-state index in [9.17, 15) is 4.39 Å². The van der Waals surface area contributed by atoms with Gasteiger partial charge in [0.2, 0.25) is 0 Å². The summed E-state index contributed by atoms with van der Waals surface area (Å²) in [5.74, 6) is 0.227. The molecular formula is C13H21FN4. The first kappa shape index (κ1) is 13.2. The van der Waals surface area contributed by atoms with Crippen LogP contribution in [-0.2, 0) is 6.42 Å². The Kier molecular flexibility index (Phi) is 4.47. The van der Waals surface area contributed by atoms with Crippen LogP contribution in [0.5, 0.6) is 0 Å². The maximum atomic E-state index is 14.2. The van der Waals surface area contributed by atoms with Gasteiger partial charge in [0, 0.05) is 19.1 Å². The highest BCUT2D eigenvalue weighted by atomic mass is 19.1. The van der Waals surface area contributed by atoms with Crippen LogP contribution in [0.1, 0.15) is 32.4 Å². The van der Waals surface area contributed by atoms with Gasteiger partial charge in [-0.1, -0.05) is 13.8 Å². The van der Waals surface area contributed by atoms with Gasteiger partial charge in [0.05, 0.1) is 5.69 Å². The molecule has 5 heteroatoms. The molecule has 0 spiro atoms. The van der Waals surface area contributed by atoms with E-state index < -0.39 is 0 Å². The average molecular weight is 252 g/mol. The van der Waals surface area contributed by atoms with E-state index in [1.165, 1.54) is 6.33 Å². The monoisotopic (exact) mass is 252 g/mol. The molecule has 0 radical (unpaired) electrons. The number of nitrogens with zero attached hydrogens (tertiary/aromatic N) is 3. The highest BCUT2D eigenvalue weighted by molar-refractivity contribution is 5.43. The summed E-state index contributed by atoms with van der Waals surface area (Å²) in [6.07, 6.45) is 4.27. The van der Waals surface area contributed by atoms with E-state index in [4.69, 9.17) is 0 Å². The van der Waals surface area contributed by atoms with E-state index in [2.05, 4.69) is 27.1 Å². The SMILES string of the molecule is CCNCC1CCCN1c1ncnc(CC)c1F. The molecule has 0 bridgehead atoms. The molecule has 1 aromatic heterocycles. The first-order valence-electron chi connectivity index (χ1n) is 6.74. The number of anilines is 1. The summed E-state index contributed by atoms with van der Waals surface area (Å²) in [7, 11) is 0. The fraction of sp³-hybridized carbons (Fsp3) is 0.692. The summed E-state index contributed by atoms with van der Waals surface area (Å²) in [4.78, 5) is 10.2. The summed E-state index contributed by atoms with van der Waals surface area (Å²) >= 11 is 0. The van der Waals surface area contributed by atoms with Gasteiger partial charge in [-0.15, -0.1) is 0 Å². The maximum Gasteiger partial charge on any atom is 0.187 e. The van der Waals surface area contributed by atoms with E-state index in [0.717, 1.165) is 32.5 Å². The Morgan fingerprint density at radius 2 is 2.28 bits per heavy atom. The van der Waals surface area contributed by atoms with Crippen molar-refractivity contribution in [2.24, 2.45) is 0 Å². The Balaban J connectivity index is 2.19. The molecule has 100 valence electrons. The molecule has 1 aliphatic heterocycles. The summed E-state index contributed by atoms with van der Waals surface area (Å²) in [5.41, 5.74) is 0.508. The first-order chi connectivity index (χ1) is 8.77. The van der Waals surface area contributed by atoms with E-state index in [1.54, 1.807) is 0 Å². The van der Waals surface area contributed by atoms with Crippen molar-refractivity contribution in [1.82, 2.24) is 15.3 Å². The van der Waals surface area contributed by atoms with Crippen LogP contribution in [0, 0.1) is 5.82 Å². The van der Waals surface area contributed by atoms with Gasteiger partial charge >= 0.3 is 0 Å². The molecule has 4 nitrogen and oxygen atoms in total. The Bertz CT molecular complexity index is 397. The third-order valence-corrected chi connectivity index (χ3v) is 3.46. The van der Waals surface area contributed by atoms with E-state index in [1.807, 2.05) is 6.92 Å². The lowest BCUT2D eigenvalue weighted by atomic mass is 10.2. The standard InChI is InChI=1S/C13H21FN4/c1-3-11-12(14)13(17-9-16-11)18-7-5-6-10(18)8-15-4-2/h9-10,15H,3-8H2,1-2H3. The fourth-order valence-corrected chi connectivity index (χ4v) is 2.48. The zero-order valence-electron chi connectivity index (χ0n) is 11.1. The van der Waals surface area contributed by atoms with Crippen molar-refractivity contribution in [3.05, 3.63) is 17.8 Å². The Morgan fingerprint density at radius 1 is 1.44 bits per heavy atom. The van der Waals surface area contributed by atoms with Crippen LogP contribution in [0.4, 0.5) is 10.2 Å². The predicted octanol–water partition coefficient (Wildman–Crippen LogP) is 1.76. The molecule has 1 saturated heterocycles. The van der Waals surface area contributed by atoms with Crippen LogP contribution in [0.3, 0.4) is 0 Å². The van der Waals surface area contributed by atoms with Crippen molar-refractivity contribution in [2.45, 2.75) is 39.2 Å². The van der Waals surface area contributed by atoms with Crippen LogP contribution >= 0.6 is 0 Å². The minimum absolute atomic E-state index is 0.247. The Morgan fingerprint density at radius 3 is 3.00 bits per heavy atom. The molecule has 1 atom stereocenters. The van der Waals surface area contributed by atoms with Gasteiger partial charge in [-0.3, -0.25) is 0 Å². The number of hydrogen-bond acceptors (Lipinski definition) is 4. The fourth-order valence-electron chi connectivity index (χ4n) is 2.48. The molecule has 2 rings (SSSR count). The summed E-state index contributed by atoms with van der Waals surface area (Å²) < 4.78 is 14.2.